The van der Waals surface area contributed by atoms with Crippen LogP contribution in [0.5, 0.6) is 0 Å². The molecule has 1 atom stereocenters. The molecule has 2 fully saturated rings. The Labute approximate surface area is 155 Å². The van der Waals surface area contributed by atoms with Crippen LogP contribution in [-0.4, -0.2) is 88.0 Å². The maximum Gasteiger partial charge on any atom is 0.253 e. The number of ether oxygens (including phenoxy) is 1. The Morgan fingerprint density at radius 3 is 2.69 bits per heavy atom. The van der Waals surface area contributed by atoms with Crippen LogP contribution in [0.3, 0.4) is 0 Å². The second-order valence-electron chi connectivity index (χ2n) is 6.99. The number of rotatable bonds is 4. The summed E-state index contributed by atoms with van der Waals surface area (Å²) in [5, 5.41) is 0. The summed E-state index contributed by atoms with van der Waals surface area (Å²) in [6, 6.07) is 6.40. The summed E-state index contributed by atoms with van der Waals surface area (Å²) >= 11 is 0. The first-order valence-corrected chi connectivity index (χ1v) is 10.5. The summed E-state index contributed by atoms with van der Waals surface area (Å²) < 4.78 is 32.8. The fourth-order valence-electron chi connectivity index (χ4n) is 3.49. The van der Waals surface area contributed by atoms with Crippen molar-refractivity contribution in [1.82, 2.24) is 14.1 Å². The van der Waals surface area contributed by atoms with Gasteiger partial charge in [0.05, 0.1) is 11.0 Å². The van der Waals surface area contributed by atoms with Crippen molar-refractivity contribution in [1.29, 1.82) is 0 Å². The van der Waals surface area contributed by atoms with E-state index in [4.69, 9.17) is 4.74 Å². The lowest BCUT2D eigenvalue weighted by molar-refractivity contribution is 0.0724. The second-order valence-corrected chi connectivity index (χ2v) is 8.92. The van der Waals surface area contributed by atoms with Crippen LogP contribution in [0.1, 0.15) is 23.2 Å². The van der Waals surface area contributed by atoms with Gasteiger partial charge in [-0.3, -0.25) is 4.79 Å². The fraction of sp³-hybridized carbons (Fsp3) is 0.611. The van der Waals surface area contributed by atoms with Crippen molar-refractivity contribution in [2.24, 2.45) is 0 Å². The van der Waals surface area contributed by atoms with Gasteiger partial charge in [-0.2, -0.15) is 4.31 Å². The van der Waals surface area contributed by atoms with Gasteiger partial charge in [0.25, 0.3) is 5.91 Å². The number of likely N-dealkylation sites (N-methyl/N-ethyl adjacent to an activating group) is 1. The minimum atomic E-state index is -3.59. The van der Waals surface area contributed by atoms with Crippen LogP contribution in [0.4, 0.5) is 0 Å². The van der Waals surface area contributed by atoms with Crippen LogP contribution in [-0.2, 0) is 14.8 Å². The van der Waals surface area contributed by atoms with Crippen molar-refractivity contribution in [3.05, 3.63) is 29.8 Å². The molecule has 0 aliphatic carbocycles. The van der Waals surface area contributed by atoms with Crippen LogP contribution >= 0.6 is 0 Å². The number of benzene rings is 1. The van der Waals surface area contributed by atoms with Crippen molar-refractivity contribution in [2.75, 3.05) is 53.4 Å². The van der Waals surface area contributed by atoms with E-state index in [1.54, 1.807) is 30.2 Å². The minimum Gasteiger partial charge on any atom is -0.380 e. The average molecular weight is 381 g/mol. The van der Waals surface area contributed by atoms with Gasteiger partial charge in [-0.15, -0.1) is 0 Å². The summed E-state index contributed by atoms with van der Waals surface area (Å²) in [5.74, 6) is -0.141. The zero-order chi connectivity index (χ0) is 18.7. The average Bonchev–Trinajstić information content (AvgIpc) is 3.02. The zero-order valence-electron chi connectivity index (χ0n) is 15.4. The number of nitrogens with zero attached hydrogens (tertiary/aromatic N) is 3. The van der Waals surface area contributed by atoms with E-state index in [2.05, 4.69) is 4.90 Å². The van der Waals surface area contributed by atoms with Crippen LogP contribution < -0.4 is 0 Å². The number of hydrogen-bond acceptors (Lipinski definition) is 5. The lowest BCUT2D eigenvalue weighted by atomic mass is 10.2. The number of sulfonamides is 1. The Balaban J connectivity index is 1.79. The van der Waals surface area contributed by atoms with Gasteiger partial charge < -0.3 is 14.5 Å². The molecule has 2 heterocycles. The standard InChI is InChI=1S/C18H27N3O4S/c1-19-8-4-9-21(12-11-19)26(23,24)17-6-3-5-15(13-17)18(22)20-10-7-16(14-20)25-2/h3,5-6,13,16H,4,7-12,14H2,1-2H3. The molecule has 8 heteroatoms. The number of carbonyl (C=O) groups is 1. The molecule has 3 rings (SSSR count). The van der Waals surface area contributed by atoms with Crippen molar-refractivity contribution < 1.29 is 17.9 Å². The number of amides is 1. The van der Waals surface area contributed by atoms with Crippen LogP contribution in [0.25, 0.3) is 0 Å². The van der Waals surface area contributed by atoms with E-state index < -0.39 is 10.0 Å². The van der Waals surface area contributed by atoms with Crippen LogP contribution in [0.15, 0.2) is 29.2 Å². The summed E-state index contributed by atoms with van der Waals surface area (Å²) in [6.45, 7) is 3.76. The maximum atomic E-state index is 13.0. The van der Waals surface area contributed by atoms with E-state index >= 15 is 0 Å². The highest BCUT2D eigenvalue weighted by molar-refractivity contribution is 7.89. The largest absolute Gasteiger partial charge is 0.380 e. The highest BCUT2D eigenvalue weighted by Gasteiger charge is 2.29. The monoisotopic (exact) mass is 381 g/mol. The molecule has 7 nitrogen and oxygen atoms in total. The molecule has 1 amide bonds. The summed E-state index contributed by atoms with van der Waals surface area (Å²) in [7, 11) is 0.0495. The Hall–Kier alpha value is -1.48. The quantitative estimate of drug-likeness (QED) is 0.774. The zero-order valence-corrected chi connectivity index (χ0v) is 16.2. The fourth-order valence-corrected chi connectivity index (χ4v) is 5.01. The Morgan fingerprint density at radius 2 is 1.96 bits per heavy atom. The summed E-state index contributed by atoms with van der Waals surface area (Å²) in [6.07, 6.45) is 1.67. The topological polar surface area (TPSA) is 70.2 Å². The van der Waals surface area contributed by atoms with E-state index in [1.807, 2.05) is 7.05 Å². The lowest BCUT2D eigenvalue weighted by Gasteiger charge is -2.21. The third-order valence-corrected chi connectivity index (χ3v) is 7.06. The van der Waals surface area contributed by atoms with Crippen molar-refractivity contribution in [3.8, 4) is 0 Å². The van der Waals surface area contributed by atoms with Crippen molar-refractivity contribution in [2.45, 2.75) is 23.8 Å². The first kappa shape index (κ1) is 19.3. The predicted molar refractivity (Wildman–Crippen MR) is 98.6 cm³/mol. The molecule has 2 saturated heterocycles. The molecular formula is C18H27N3O4S. The highest BCUT2D eigenvalue weighted by Crippen LogP contribution is 2.21. The van der Waals surface area contributed by atoms with Crippen molar-refractivity contribution >= 4 is 15.9 Å². The van der Waals surface area contributed by atoms with E-state index in [9.17, 15) is 13.2 Å². The van der Waals surface area contributed by atoms with E-state index in [1.165, 1.54) is 10.4 Å². The second kappa shape index (κ2) is 8.04. The maximum absolute atomic E-state index is 13.0. The van der Waals surface area contributed by atoms with Gasteiger partial charge in [-0.25, -0.2) is 8.42 Å². The molecule has 2 aliphatic rings. The molecule has 1 unspecified atom stereocenters. The Morgan fingerprint density at radius 1 is 1.15 bits per heavy atom. The number of likely N-dealkylation sites (tertiary alicyclic amines) is 1. The molecule has 0 bridgehead atoms. The van der Waals surface area contributed by atoms with Gasteiger partial charge in [0, 0.05) is 45.4 Å². The summed E-state index contributed by atoms with van der Waals surface area (Å²) in [4.78, 5) is 16.8. The molecule has 144 valence electrons. The Kier molecular flexibility index (Phi) is 5.96. The smallest absolute Gasteiger partial charge is 0.253 e. The molecule has 1 aromatic carbocycles. The lowest BCUT2D eigenvalue weighted by Crippen LogP contribution is -2.35. The minimum absolute atomic E-state index is 0.0555. The molecule has 26 heavy (non-hydrogen) atoms. The van der Waals surface area contributed by atoms with Crippen LogP contribution in [0.2, 0.25) is 0 Å². The third kappa shape index (κ3) is 4.09. The first-order chi connectivity index (χ1) is 12.4. The Bertz CT molecular complexity index is 753. The molecule has 0 saturated carbocycles. The van der Waals surface area contributed by atoms with E-state index in [-0.39, 0.29) is 16.9 Å². The number of hydrogen-bond donors (Lipinski definition) is 0. The molecule has 0 radical (unpaired) electrons. The number of carbonyl (C=O) groups excluding carboxylic acids is 1. The third-order valence-electron chi connectivity index (χ3n) is 5.16. The highest BCUT2D eigenvalue weighted by atomic mass is 32.2. The van der Waals surface area contributed by atoms with E-state index in [0.717, 1.165) is 19.4 Å². The van der Waals surface area contributed by atoms with Gasteiger partial charge in [-0.1, -0.05) is 6.07 Å². The van der Waals surface area contributed by atoms with Gasteiger partial charge in [0.2, 0.25) is 10.0 Å². The van der Waals surface area contributed by atoms with Gasteiger partial charge in [0.1, 0.15) is 0 Å². The van der Waals surface area contributed by atoms with Gasteiger partial charge in [-0.05, 0) is 44.6 Å². The molecule has 2 aliphatic heterocycles. The number of methoxy groups -OCH3 is 1. The predicted octanol–water partition coefficient (Wildman–Crippen LogP) is 0.874. The van der Waals surface area contributed by atoms with Gasteiger partial charge >= 0.3 is 0 Å². The van der Waals surface area contributed by atoms with E-state index in [0.29, 0.717) is 38.3 Å². The normalized spacial score (nSPS) is 23.2. The van der Waals surface area contributed by atoms with Gasteiger partial charge in [0.15, 0.2) is 0 Å². The molecule has 1 aromatic rings. The molecular weight excluding hydrogens is 354 g/mol. The SMILES string of the molecule is COC1CCN(C(=O)c2cccc(S(=O)(=O)N3CCCN(C)CC3)c2)C1. The molecule has 0 aromatic heterocycles. The first-order valence-electron chi connectivity index (χ1n) is 9.02. The molecule has 0 N–H and O–H groups in total. The molecule has 0 spiro atoms. The van der Waals surface area contributed by atoms with Crippen LogP contribution in [0, 0.1) is 0 Å². The summed E-state index contributed by atoms with van der Waals surface area (Å²) in [5.41, 5.74) is 0.412. The van der Waals surface area contributed by atoms with Crippen molar-refractivity contribution in [3.63, 3.8) is 0 Å².